The van der Waals surface area contributed by atoms with Gasteiger partial charge in [-0.1, -0.05) is 0 Å². The first-order valence-electron chi connectivity index (χ1n) is 5.35. The second kappa shape index (κ2) is 3.99. The van der Waals surface area contributed by atoms with E-state index in [0.29, 0.717) is 5.69 Å². The molecule has 0 amide bonds. The van der Waals surface area contributed by atoms with Crippen LogP contribution in [-0.4, -0.2) is 33.0 Å². The molecule has 2 N–H and O–H groups in total. The van der Waals surface area contributed by atoms with Gasteiger partial charge >= 0.3 is 5.97 Å². The molecule has 0 aliphatic rings. The van der Waals surface area contributed by atoms with E-state index in [1.54, 1.807) is 18.5 Å². The lowest BCUT2D eigenvalue weighted by Gasteiger charge is -1.97. The van der Waals surface area contributed by atoms with Crippen molar-refractivity contribution in [2.75, 3.05) is 7.11 Å². The van der Waals surface area contributed by atoms with Crippen molar-refractivity contribution in [2.24, 2.45) is 0 Å². The van der Waals surface area contributed by atoms with Gasteiger partial charge in [-0.05, 0) is 12.1 Å². The Morgan fingerprint density at radius 2 is 2.22 bits per heavy atom. The molecule has 6 heteroatoms. The molecule has 0 radical (unpaired) electrons. The summed E-state index contributed by atoms with van der Waals surface area (Å²) in [4.78, 5) is 25.6. The fraction of sp³-hybridized carbons (Fsp3) is 0.0833. The van der Waals surface area contributed by atoms with E-state index in [2.05, 4.69) is 24.7 Å². The van der Waals surface area contributed by atoms with Gasteiger partial charge < -0.3 is 14.7 Å². The normalized spacial score (nSPS) is 10.7. The lowest BCUT2D eigenvalue weighted by atomic mass is 10.1. The van der Waals surface area contributed by atoms with Crippen molar-refractivity contribution in [2.45, 2.75) is 0 Å². The highest BCUT2D eigenvalue weighted by molar-refractivity contribution is 5.93. The number of H-pyrrole nitrogens is 2. The number of rotatable bonds is 2. The molecule has 0 bridgehead atoms. The maximum Gasteiger partial charge on any atom is 0.354 e. The molecule has 18 heavy (non-hydrogen) atoms. The second-order valence-electron chi connectivity index (χ2n) is 3.76. The number of fused-ring (bicyclic) bond motifs is 1. The van der Waals surface area contributed by atoms with Crippen LogP contribution in [0.15, 0.2) is 30.9 Å². The summed E-state index contributed by atoms with van der Waals surface area (Å²) < 4.78 is 4.65. The molecular weight excluding hydrogens is 232 g/mol. The maximum absolute atomic E-state index is 11.4. The fourth-order valence-electron chi connectivity index (χ4n) is 1.86. The van der Waals surface area contributed by atoms with Crippen molar-refractivity contribution in [3.8, 4) is 11.3 Å². The number of aromatic nitrogens is 4. The number of esters is 1. The zero-order chi connectivity index (χ0) is 12.5. The molecule has 0 unspecified atom stereocenters. The molecule has 0 aliphatic carbocycles. The van der Waals surface area contributed by atoms with Crippen LogP contribution in [0.2, 0.25) is 0 Å². The van der Waals surface area contributed by atoms with Gasteiger partial charge in [0.25, 0.3) is 0 Å². The summed E-state index contributed by atoms with van der Waals surface area (Å²) in [5, 5.41) is 0.910. The standard InChI is InChI=1S/C12H10N4O2/c1-18-12(17)9-4-7(5-14-9)10-8-2-3-13-11(8)16-6-15-10/h2-6,14H,1H3,(H,13,15,16). The van der Waals surface area contributed by atoms with Gasteiger partial charge in [0.05, 0.1) is 12.8 Å². The number of carbonyl (C=O) groups excluding carboxylic acids is 1. The number of nitrogens with zero attached hydrogens (tertiary/aromatic N) is 2. The zero-order valence-electron chi connectivity index (χ0n) is 9.60. The highest BCUT2D eigenvalue weighted by atomic mass is 16.5. The van der Waals surface area contributed by atoms with Gasteiger partial charge in [0.2, 0.25) is 0 Å². The minimum atomic E-state index is -0.402. The molecule has 0 saturated heterocycles. The van der Waals surface area contributed by atoms with Crippen molar-refractivity contribution < 1.29 is 9.53 Å². The number of hydrogen-bond acceptors (Lipinski definition) is 4. The minimum Gasteiger partial charge on any atom is -0.464 e. The molecule has 0 atom stereocenters. The number of nitrogens with one attached hydrogen (secondary N) is 2. The molecule has 3 aromatic heterocycles. The van der Waals surface area contributed by atoms with Crippen molar-refractivity contribution in [3.05, 3.63) is 36.5 Å². The van der Waals surface area contributed by atoms with Crippen molar-refractivity contribution in [1.82, 2.24) is 19.9 Å². The van der Waals surface area contributed by atoms with Crippen LogP contribution in [0.5, 0.6) is 0 Å². The van der Waals surface area contributed by atoms with Crippen molar-refractivity contribution >= 4 is 17.0 Å². The number of ether oxygens (including phenoxy) is 1. The summed E-state index contributed by atoms with van der Waals surface area (Å²) >= 11 is 0. The van der Waals surface area contributed by atoms with Crippen LogP contribution >= 0.6 is 0 Å². The van der Waals surface area contributed by atoms with E-state index >= 15 is 0 Å². The molecule has 6 nitrogen and oxygen atoms in total. The SMILES string of the molecule is COC(=O)c1cc(-c2ncnc3[nH]ccc23)c[nH]1. The third-order valence-corrected chi connectivity index (χ3v) is 2.72. The van der Waals surface area contributed by atoms with E-state index in [4.69, 9.17) is 0 Å². The van der Waals surface area contributed by atoms with E-state index in [1.807, 2.05) is 6.07 Å². The Balaban J connectivity index is 2.12. The first-order chi connectivity index (χ1) is 8.79. The largest absolute Gasteiger partial charge is 0.464 e. The highest BCUT2D eigenvalue weighted by Gasteiger charge is 2.12. The average molecular weight is 242 g/mol. The van der Waals surface area contributed by atoms with Crippen LogP contribution in [0.3, 0.4) is 0 Å². The minimum absolute atomic E-state index is 0.398. The molecule has 0 aromatic carbocycles. The van der Waals surface area contributed by atoms with Gasteiger partial charge in [0.1, 0.15) is 17.7 Å². The van der Waals surface area contributed by atoms with Crippen LogP contribution in [0.25, 0.3) is 22.3 Å². The highest BCUT2D eigenvalue weighted by Crippen LogP contribution is 2.25. The lowest BCUT2D eigenvalue weighted by molar-refractivity contribution is 0.0595. The van der Waals surface area contributed by atoms with Crippen LogP contribution < -0.4 is 0 Å². The van der Waals surface area contributed by atoms with Gasteiger partial charge in [0.15, 0.2) is 0 Å². The fourth-order valence-corrected chi connectivity index (χ4v) is 1.86. The summed E-state index contributed by atoms with van der Waals surface area (Å²) in [5.74, 6) is -0.402. The van der Waals surface area contributed by atoms with Crippen LogP contribution in [-0.2, 0) is 4.74 Å². The van der Waals surface area contributed by atoms with Crippen LogP contribution in [0, 0.1) is 0 Å². The molecular formula is C12H10N4O2. The van der Waals surface area contributed by atoms with Crippen molar-refractivity contribution in [1.29, 1.82) is 0 Å². The van der Waals surface area contributed by atoms with Gasteiger partial charge in [-0.25, -0.2) is 14.8 Å². The predicted octanol–water partition coefficient (Wildman–Crippen LogP) is 1.74. The van der Waals surface area contributed by atoms with Gasteiger partial charge in [-0.15, -0.1) is 0 Å². The predicted molar refractivity (Wildman–Crippen MR) is 65.0 cm³/mol. The molecule has 0 fully saturated rings. The summed E-state index contributed by atoms with van der Waals surface area (Å²) in [6.07, 6.45) is 5.01. The molecule has 3 rings (SSSR count). The average Bonchev–Trinajstić information content (AvgIpc) is 3.05. The Morgan fingerprint density at radius 1 is 1.33 bits per heavy atom. The third-order valence-electron chi connectivity index (χ3n) is 2.72. The Morgan fingerprint density at radius 3 is 3.06 bits per heavy atom. The number of methoxy groups -OCH3 is 1. The van der Waals surface area contributed by atoms with Crippen LogP contribution in [0.4, 0.5) is 0 Å². The smallest absolute Gasteiger partial charge is 0.354 e. The molecule has 0 aliphatic heterocycles. The summed E-state index contributed by atoms with van der Waals surface area (Å²) in [6, 6.07) is 3.61. The van der Waals surface area contributed by atoms with Crippen LogP contribution in [0.1, 0.15) is 10.5 Å². The zero-order valence-corrected chi connectivity index (χ0v) is 9.60. The second-order valence-corrected chi connectivity index (χ2v) is 3.76. The van der Waals surface area contributed by atoms with Crippen molar-refractivity contribution in [3.63, 3.8) is 0 Å². The molecule has 90 valence electrons. The quantitative estimate of drug-likeness (QED) is 0.670. The van der Waals surface area contributed by atoms with Gasteiger partial charge in [-0.3, -0.25) is 0 Å². The number of carbonyl (C=O) groups is 1. The molecule has 0 saturated carbocycles. The first kappa shape index (κ1) is 10.5. The van der Waals surface area contributed by atoms with E-state index in [9.17, 15) is 4.79 Å². The molecule has 0 spiro atoms. The topological polar surface area (TPSA) is 83.7 Å². The number of hydrogen-bond donors (Lipinski definition) is 2. The Labute approximate surface area is 102 Å². The molecule has 3 heterocycles. The number of aromatic amines is 2. The Hall–Kier alpha value is -2.63. The van der Waals surface area contributed by atoms with Gasteiger partial charge in [-0.2, -0.15) is 0 Å². The third kappa shape index (κ3) is 1.55. The summed E-state index contributed by atoms with van der Waals surface area (Å²) in [6.45, 7) is 0. The van der Waals surface area contributed by atoms with Gasteiger partial charge in [0, 0.05) is 23.3 Å². The van der Waals surface area contributed by atoms with E-state index in [1.165, 1.54) is 13.4 Å². The summed E-state index contributed by atoms with van der Waals surface area (Å²) in [5.41, 5.74) is 2.76. The monoisotopic (exact) mass is 242 g/mol. The maximum atomic E-state index is 11.4. The Kier molecular flexibility index (Phi) is 2.33. The Bertz CT molecular complexity index is 714. The van der Waals surface area contributed by atoms with E-state index < -0.39 is 5.97 Å². The summed E-state index contributed by atoms with van der Waals surface area (Å²) in [7, 11) is 1.35. The van der Waals surface area contributed by atoms with E-state index in [0.717, 1.165) is 22.3 Å². The first-order valence-corrected chi connectivity index (χ1v) is 5.35. The van der Waals surface area contributed by atoms with E-state index in [-0.39, 0.29) is 0 Å². The molecule has 3 aromatic rings. The lowest BCUT2D eigenvalue weighted by Crippen LogP contribution is -2.00.